The van der Waals surface area contributed by atoms with Crippen LogP contribution in [0.5, 0.6) is 0 Å². The van der Waals surface area contributed by atoms with E-state index in [1.165, 1.54) is 18.2 Å². The number of rotatable bonds is 3. The molecule has 3 nitrogen and oxygen atoms in total. The number of anilines is 1. The summed E-state index contributed by atoms with van der Waals surface area (Å²) in [6.07, 6.45) is 0. The molecular formula is C14H13ClFNO2S. The molecule has 2 rings (SSSR count). The zero-order valence-electron chi connectivity index (χ0n) is 10.7. The summed E-state index contributed by atoms with van der Waals surface area (Å²) in [5.41, 5.74) is 6.62. The highest BCUT2D eigenvalue weighted by Crippen LogP contribution is 2.24. The maximum absolute atomic E-state index is 13.7. The van der Waals surface area contributed by atoms with Crippen LogP contribution in [0.25, 0.3) is 0 Å². The first kappa shape index (κ1) is 14.8. The molecule has 6 heteroatoms. The van der Waals surface area contributed by atoms with Crippen molar-refractivity contribution in [1.29, 1.82) is 0 Å². The second kappa shape index (κ2) is 5.42. The van der Waals surface area contributed by atoms with Crippen molar-refractivity contribution in [2.75, 3.05) is 5.73 Å². The van der Waals surface area contributed by atoms with Gasteiger partial charge in [0.05, 0.1) is 10.6 Å². The summed E-state index contributed by atoms with van der Waals surface area (Å²) >= 11 is 5.65. The number of sulfone groups is 1. The molecule has 0 heterocycles. The molecule has 0 amide bonds. The molecule has 0 unspecified atom stereocenters. The molecule has 0 bridgehead atoms. The Bertz CT molecular complexity index is 760. The molecule has 0 radical (unpaired) electrons. The Hall–Kier alpha value is -1.59. The molecule has 0 saturated heterocycles. The van der Waals surface area contributed by atoms with Crippen molar-refractivity contribution < 1.29 is 12.8 Å². The predicted molar refractivity (Wildman–Crippen MR) is 77.9 cm³/mol. The zero-order valence-corrected chi connectivity index (χ0v) is 12.3. The second-order valence-electron chi connectivity index (χ2n) is 4.52. The smallest absolute Gasteiger partial charge is 0.182 e. The Morgan fingerprint density at radius 2 is 1.90 bits per heavy atom. The van der Waals surface area contributed by atoms with Crippen molar-refractivity contribution in [2.24, 2.45) is 0 Å². The van der Waals surface area contributed by atoms with Crippen LogP contribution in [0.4, 0.5) is 10.1 Å². The Morgan fingerprint density at radius 1 is 1.20 bits per heavy atom. The summed E-state index contributed by atoms with van der Waals surface area (Å²) in [6, 6.07) is 8.56. The van der Waals surface area contributed by atoms with Gasteiger partial charge in [0, 0.05) is 16.3 Å². The number of nitrogen functional groups attached to an aromatic ring is 1. The molecular weight excluding hydrogens is 301 g/mol. The number of hydrogen-bond donors (Lipinski definition) is 1. The van der Waals surface area contributed by atoms with Gasteiger partial charge in [-0.25, -0.2) is 12.8 Å². The lowest BCUT2D eigenvalue weighted by molar-refractivity contribution is 0.586. The topological polar surface area (TPSA) is 60.2 Å². The first-order valence-corrected chi connectivity index (χ1v) is 7.85. The van der Waals surface area contributed by atoms with Crippen LogP contribution in [0.3, 0.4) is 0 Å². The Labute approximate surface area is 122 Å². The highest BCUT2D eigenvalue weighted by molar-refractivity contribution is 7.90. The first-order chi connectivity index (χ1) is 9.29. The van der Waals surface area contributed by atoms with Crippen molar-refractivity contribution in [1.82, 2.24) is 0 Å². The van der Waals surface area contributed by atoms with Crippen molar-refractivity contribution >= 4 is 27.1 Å². The molecule has 2 aromatic rings. The minimum atomic E-state index is -3.66. The van der Waals surface area contributed by atoms with E-state index in [2.05, 4.69) is 0 Å². The molecule has 106 valence electrons. The minimum absolute atomic E-state index is 0.0798. The molecule has 20 heavy (non-hydrogen) atoms. The van der Waals surface area contributed by atoms with Gasteiger partial charge in [-0.05, 0) is 36.8 Å². The lowest BCUT2D eigenvalue weighted by Crippen LogP contribution is -2.08. The van der Waals surface area contributed by atoms with E-state index >= 15 is 0 Å². The van der Waals surface area contributed by atoms with E-state index in [0.717, 1.165) is 6.07 Å². The minimum Gasteiger partial charge on any atom is -0.399 e. The van der Waals surface area contributed by atoms with Crippen molar-refractivity contribution in [3.63, 3.8) is 0 Å². The largest absolute Gasteiger partial charge is 0.399 e. The normalized spacial score (nSPS) is 11.6. The fraction of sp³-hybridized carbons (Fsp3) is 0.143. The number of halogens is 2. The molecule has 0 spiro atoms. The van der Waals surface area contributed by atoms with E-state index in [-0.39, 0.29) is 15.5 Å². The third-order valence-electron chi connectivity index (χ3n) is 2.91. The Balaban J connectivity index is 2.43. The second-order valence-corrected chi connectivity index (χ2v) is 6.91. The summed E-state index contributed by atoms with van der Waals surface area (Å²) in [4.78, 5) is 0.117. The zero-order chi connectivity index (χ0) is 14.9. The molecule has 2 N–H and O–H groups in total. The van der Waals surface area contributed by atoms with Gasteiger partial charge < -0.3 is 5.73 Å². The van der Waals surface area contributed by atoms with E-state index in [1.54, 1.807) is 19.1 Å². The van der Waals surface area contributed by atoms with Gasteiger partial charge in [0.15, 0.2) is 9.84 Å². The third kappa shape index (κ3) is 3.11. The van der Waals surface area contributed by atoms with Gasteiger partial charge in [0.2, 0.25) is 0 Å². The number of hydrogen-bond acceptors (Lipinski definition) is 3. The van der Waals surface area contributed by atoms with Crippen LogP contribution in [0.2, 0.25) is 5.02 Å². The highest BCUT2D eigenvalue weighted by atomic mass is 35.5. The quantitative estimate of drug-likeness (QED) is 0.884. The average Bonchev–Trinajstić information content (AvgIpc) is 2.35. The molecule has 0 aliphatic carbocycles. The van der Waals surface area contributed by atoms with Crippen molar-refractivity contribution in [2.45, 2.75) is 17.6 Å². The summed E-state index contributed by atoms with van der Waals surface area (Å²) in [5, 5.41) is 0.226. The van der Waals surface area contributed by atoms with Gasteiger partial charge in [-0.15, -0.1) is 0 Å². The van der Waals surface area contributed by atoms with Crippen molar-refractivity contribution in [3.8, 4) is 0 Å². The van der Waals surface area contributed by atoms with Crippen LogP contribution >= 0.6 is 11.6 Å². The maximum atomic E-state index is 13.7. The van der Waals surface area contributed by atoms with E-state index in [9.17, 15) is 12.8 Å². The number of nitrogens with two attached hydrogens (primary N) is 1. The third-order valence-corrected chi connectivity index (χ3v) is 4.94. The van der Waals surface area contributed by atoms with Crippen LogP contribution in [0.15, 0.2) is 41.3 Å². The first-order valence-electron chi connectivity index (χ1n) is 5.82. The number of benzene rings is 2. The monoisotopic (exact) mass is 313 g/mol. The average molecular weight is 314 g/mol. The highest BCUT2D eigenvalue weighted by Gasteiger charge is 2.20. The summed E-state index contributed by atoms with van der Waals surface area (Å²) in [7, 11) is -3.66. The van der Waals surface area contributed by atoms with Gasteiger partial charge in [-0.1, -0.05) is 23.7 Å². The fourth-order valence-electron chi connectivity index (χ4n) is 1.87. The van der Waals surface area contributed by atoms with Crippen LogP contribution < -0.4 is 5.73 Å². The standard InChI is InChI=1S/C14H13ClFNO2S/c1-9-2-5-12(17)7-14(9)20(18,19)8-10-3-4-11(15)6-13(10)16/h2-7H,8,17H2,1H3. The fourth-order valence-corrected chi connectivity index (χ4v) is 3.71. The van der Waals surface area contributed by atoms with Crippen LogP contribution in [0.1, 0.15) is 11.1 Å². The van der Waals surface area contributed by atoms with Gasteiger partial charge in [-0.3, -0.25) is 0 Å². The Kier molecular flexibility index (Phi) is 4.01. The SMILES string of the molecule is Cc1ccc(N)cc1S(=O)(=O)Cc1ccc(Cl)cc1F. The molecule has 2 aromatic carbocycles. The van der Waals surface area contributed by atoms with E-state index in [1.807, 2.05) is 0 Å². The summed E-state index contributed by atoms with van der Waals surface area (Å²) in [5.74, 6) is -1.07. The van der Waals surface area contributed by atoms with E-state index in [4.69, 9.17) is 17.3 Å². The lowest BCUT2D eigenvalue weighted by Gasteiger charge is -2.09. The molecule has 0 aliphatic heterocycles. The predicted octanol–water partition coefficient (Wildman–Crippen LogP) is 3.34. The summed E-state index contributed by atoms with van der Waals surface area (Å²) < 4.78 is 38.4. The van der Waals surface area contributed by atoms with Crippen molar-refractivity contribution in [3.05, 3.63) is 58.4 Å². The molecule has 0 fully saturated rings. The van der Waals surface area contributed by atoms with Crippen LogP contribution in [-0.4, -0.2) is 8.42 Å². The van der Waals surface area contributed by atoms with E-state index < -0.39 is 21.4 Å². The van der Waals surface area contributed by atoms with Gasteiger partial charge in [0.1, 0.15) is 5.82 Å². The summed E-state index contributed by atoms with van der Waals surface area (Å²) in [6.45, 7) is 1.67. The van der Waals surface area contributed by atoms with Gasteiger partial charge in [0.25, 0.3) is 0 Å². The Morgan fingerprint density at radius 3 is 2.55 bits per heavy atom. The molecule has 0 aliphatic rings. The van der Waals surface area contributed by atoms with Crippen LogP contribution in [-0.2, 0) is 15.6 Å². The van der Waals surface area contributed by atoms with Gasteiger partial charge in [-0.2, -0.15) is 0 Å². The molecule has 0 aromatic heterocycles. The molecule has 0 atom stereocenters. The molecule has 0 saturated carbocycles. The van der Waals surface area contributed by atoms with E-state index in [0.29, 0.717) is 11.3 Å². The maximum Gasteiger partial charge on any atom is 0.182 e. The van der Waals surface area contributed by atoms with Crippen LogP contribution in [0, 0.1) is 12.7 Å². The lowest BCUT2D eigenvalue weighted by atomic mass is 10.2. The number of aryl methyl sites for hydroxylation is 1. The van der Waals surface area contributed by atoms with Gasteiger partial charge >= 0.3 is 0 Å².